The number of hydrogen-bond donors (Lipinski definition) is 1. The molecule has 2 amide bonds. The van der Waals surface area contributed by atoms with Crippen LogP contribution < -0.4 is 5.32 Å². The smallest absolute Gasteiger partial charge is 0.313 e. The largest absolute Gasteiger partial charge is 0.322 e. The van der Waals surface area contributed by atoms with Crippen LogP contribution in [-0.2, 0) is 13.0 Å². The van der Waals surface area contributed by atoms with Crippen molar-refractivity contribution in [1.29, 1.82) is 0 Å². The average Bonchev–Trinajstić information content (AvgIpc) is 2.74. The number of benzene rings is 3. The number of rotatable bonds is 4. The molecule has 0 bridgehead atoms. The Hall–Kier alpha value is -3.14. The standard InChI is InChI=1S/C25H25FN2O/c1-18-9-15-22(16-10-18)27-25(29)28(17-19-11-13-21(26)14-12-19)24-8-4-6-20-5-2-3-7-23(20)24/h2-3,5,7,9-16,24H,4,6,8,17H2,1H3,(H,27,29). The summed E-state index contributed by atoms with van der Waals surface area (Å²) in [6.07, 6.45) is 3.00. The third-order valence-corrected chi connectivity index (χ3v) is 5.54. The summed E-state index contributed by atoms with van der Waals surface area (Å²) in [5.41, 5.74) is 5.34. The molecule has 0 heterocycles. The van der Waals surface area contributed by atoms with Crippen molar-refractivity contribution in [3.63, 3.8) is 0 Å². The first-order valence-corrected chi connectivity index (χ1v) is 10.1. The fourth-order valence-corrected chi connectivity index (χ4v) is 3.99. The topological polar surface area (TPSA) is 32.3 Å². The fourth-order valence-electron chi connectivity index (χ4n) is 3.99. The molecule has 1 aliphatic carbocycles. The van der Waals surface area contributed by atoms with Crippen LogP contribution in [0.4, 0.5) is 14.9 Å². The number of hydrogen-bond acceptors (Lipinski definition) is 1. The molecule has 0 radical (unpaired) electrons. The van der Waals surface area contributed by atoms with Crippen LogP contribution in [0, 0.1) is 12.7 Å². The van der Waals surface area contributed by atoms with E-state index in [0.29, 0.717) is 6.54 Å². The van der Waals surface area contributed by atoms with Crippen LogP contribution in [0.2, 0.25) is 0 Å². The van der Waals surface area contributed by atoms with Gasteiger partial charge in [0.05, 0.1) is 6.04 Å². The number of anilines is 1. The number of urea groups is 1. The summed E-state index contributed by atoms with van der Waals surface area (Å²) in [6.45, 7) is 2.45. The number of amides is 2. The SMILES string of the molecule is Cc1ccc(NC(=O)N(Cc2ccc(F)cc2)C2CCCc3ccccc32)cc1. The van der Waals surface area contributed by atoms with E-state index in [1.165, 1.54) is 23.3 Å². The molecule has 1 atom stereocenters. The number of fused-ring (bicyclic) bond motifs is 1. The number of aryl methyl sites for hydroxylation is 2. The highest BCUT2D eigenvalue weighted by molar-refractivity contribution is 5.89. The summed E-state index contributed by atoms with van der Waals surface area (Å²) < 4.78 is 13.4. The zero-order valence-electron chi connectivity index (χ0n) is 16.6. The first-order chi connectivity index (χ1) is 14.1. The molecule has 0 aromatic heterocycles. The van der Waals surface area contributed by atoms with Crippen molar-refractivity contribution < 1.29 is 9.18 Å². The van der Waals surface area contributed by atoms with Gasteiger partial charge >= 0.3 is 6.03 Å². The second kappa shape index (κ2) is 8.48. The van der Waals surface area contributed by atoms with E-state index >= 15 is 0 Å². The highest BCUT2D eigenvalue weighted by atomic mass is 19.1. The number of carbonyl (C=O) groups excluding carboxylic acids is 1. The van der Waals surface area contributed by atoms with Crippen LogP contribution in [0.15, 0.2) is 72.8 Å². The van der Waals surface area contributed by atoms with Crippen LogP contribution in [0.3, 0.4) is 0 Å². The Morgan fingerprint density at radius 1 is 1.03 bits per heavy atom. The van der Waals surface area contributed by atoms with Crippen LogP contribution in [0.5, 0.6) is 0 Å². The lowest BCUT2D eigenvalue weighted by Gasteiger charge is -2.36. The summed E-state index contributed by atoms with van der Waals surface area (Å²) in [5, 5.41) is 3.04. The van der Waals surface area contributed by atoms with Crippen LogP contribution in [0.25, 0.3) is 0 Å². The zero-order valence-corrected chi connectivity index (χ0v) is 16.6. The van der Waals surface area contributed by atoms with Gasteiger partial charge in [-0.1, -0.05) is 54.1 Å². The third kappa shape index (κ3) is 4.48. The van der Waals surface area contributed by atoms with E-state index in [4.69, 9.17) is 0 Å². The first kappa shape index (κ1) is 19.2. The second-order valence-corrected chi connectivity index (χ2v) is 7.66. The molecule has 3 aromatic carbocycles. The Kier molecular flexibility index (Phi) is 5.61. The van der Waals surface area contributed by atoms with Crippen LogP contribution in [0.1, 0.15) is 41.1 Å². The molecule has 1 aliphatic rings. The molecule has 1 unspecified atom stereocenters. The number of carbonyl (C=O) groups is 1. The van der Waals surface area contributed by atoms with Gasteiger partial charge in [-0.05, 0) is 67.1 Å². The highest BCUT2D eigenvalue weighted by Gasteiger charge is 2.29. The second-order valence-electron chi connectivity index (χ2n) is 7.66. The molecule has 4 rings (SSSR count). The zero-order chi connectivity index (χ0) is 20.2. The highest BCUT2D eigenvalue weighted by Crippen LogP contribution is 2.35. The minimum Gasteiger partial charge on any atom is -0.313 e. The normalized spacial score (nSPS) is 15.4. The average molecular weight is 388 g/mol. The quantitative estimate of drug-likeness (QED) is 0.563. The predicted octanol–water partition coefficient (Wildman–Crippen LogP) is 6.25. The van der Waals surface area contributed by atoms with Crippen LogP contribution in [-0.4, -0.2) is 10.9 Å². The molecule has 0 fully saturated rings. The summed E-state index contributed by atoms with van der Waals surface area (Å²) in [4.78, 5) is 15.2. The van der Waals surface area contributed by atoms with Gasteiger partial charge in [-0.3, -0.25) is 0 Å². The van der Waals surface area contributed by atoms with Crippen molar-refractivity contribution >= 4 is 11.7 Å². The maximum absolute atomic E-state index is 13.4. The molecule has 0 saturated carbocycles. The fraction of sp³-hybridized carbons (Fsp3) is 0.240. The van der Waals surface area contributed by atoms with E-state index in [0.717, 1.165) is 36.1 Å². The monoisotopic (exact) mass is 388 g/mol. The first-order valence-electron chi connectivity index (χ1n) is 10.1. The van der Waals surface area contributed by atoms with Gasteiger partial charge in [-0.2, -0.15) is 0 Å². The third-order valence-electron chi connectivity index (χ3n) is 5.54. The molecule has 4 heteroatoms. The number of nitrogens with zero attached hydrogens (tertiary/aromatic N) is 1. The molecule has 0 spiro atoms. The Balaban J connectivity index is 1.64. The van der Waals surface area contributed by atoms with Crippen LogP contribution >= 0.6 is 0 Å². The molecule has 0 saturated heterocycles. The summed E-state index contributed by atoms with van der Waals surface area (Å²) in [7, 11) is 0. The molecule has 29 heavy (non-hydrogen) atoms. The van der Waals surface area contributed by atoms with E-state index < -0.39 is 0 Å². The lowest BCUT2D eigenvalue weighted by atomic mass is 9.86. The van der Waals surface area contributed by atoms with Gasteiger partial charge in [0.2, 0.25) is 0 Å². The summed E-state index contributed by atoms with van der Waals surface area (Å²) in [5.74, 6) is -0.271. The maximum Gasteiger partial charge on any atom is 0.322 e. The van der Waals surface area contributed by atoms with Crippen molar-refractivity contribution in [2.75, 3.05) is 5.32 Å². The number of halogens is 1. The van der Waals surface area contributed by atoms with Gasteiger partial charge in [0, 0.05) is 12.2 Å². The van der Waals surface area contributed by atoms with Gasteiger partial charge in [-0.15, -0.1) is 0 Å². The van der Waals surface area contributed by atoms with Crippen molar-refractivity contribution in [2.45, 2.75) is 38.8 Å². The lowest BCUT2D eigenvalue weighted by Crippen LogP contribution is -2.39. The lowest BCUT2D eigenvalue weighted by molar-refractivity contribution is 0.175. The van der Waals surface area contributed by atoms with Crippen molar-refractivity contribution in [3.8, 4) is 0 Å². The molecule has 3 aromatic rings. The summed E-state index contributed by atoms with van der Waals surface area (Å²) >= 11 is 0. The van der Waals surface area contributed by atoms with Crippen molar-refractivity contribution in [3.05, 3.63) is 101 Å². The van der Waals surface area contributed by atoms with Gasteiger partial charge < -0.3 is 10.2 Å². The van der Waals surface area contributed by atoms with Crippen molar-refractivity contribution in [2.24, 2.45) is 0 Å². The number of nitrogens with one attached hydrogen (secondary N) is 1. The van der Waals surface area contributed by atoms with E-state index in [9.17, 15) is 9.18 Å². The van der Waals surface area contributed by atoms with Gasteiger partial charge in [0.15, 0.2) is 0 Å². The minimum atomic E-state index is -0.271. The van der Waals surface area contributed by atoms with Gasteiger partial charge in [0.25, 0.3) is 0 Å². The summed E-state index contributed by atoms with van der Waals surface area (Å²) in [6, 6.07) is 22.4. The molecule has 0 aliphatic heterocycles. The molecule has 1 N–H and O–H groups in total. The van der Waals surface area contributed by atoms with E-state index in [2.05, 4.69) is 23.5 Å². The van der Waals surface area contributed by atoms with E-state index in [1.807, 2.05) is 42.2 Å². The Labute approximate surface area is 171 Å². The Bertz CT molecular complexity index is 982. The molecular formula is C25H25FN2O. The van der Waals surface area contributed by atoms with E-state index in [-0.39, 0.29) is 17.9 Å². The van der Waals surface area contributed by atoms with Gasteiger partial charge in [0.1, 0.15) is 5.82 Å². The van der Waals surface area contributed by atoms with Gasteiger partial charge in [-0.25, -0.2) is 9.18 Å². The predicted molar refractivity (Wildman–Crippen MR) is 114 cm³/mol. The molecular weight excluding hydrogens is 363 g/mol. The maximum atomic E-state index is 13.4. The molecule has 148 valence electrons. The Morgan fingerprint density at radius 2 is 1.76 bits per heavy atom. The van der Waals surface area contributed by atoms with Crippen molar-refractivity contribution in [1.82, 2.24) is 4.90 Å². The Morgan fingerprint density at radius 3 is 2.52 bits per heavy atom. The van der Waals surface area contributed by atoms with E-state index in [1.54, 1.807) is 12.1 Å². The molecule has 3 nitrogen and oxygen atoms in total. The minimum absolute atomic E-state index is 0.00421.